The van der Waals surface area contributed by atoms with E-state index in [2.05, 4.69) is 5.43 Å². The number of hydrogen-bond donors (Lipinski definition) is 1. The maximum atomic E-state index is 12.6. The first kappa shape index (κ1) is 18.6. The summed E-state index contributed by atoms with van der Waals surface area (Å²) in [4.78, 5) is 14.2. The second-order valence-corrected chi connectivity index (χ2v) is 9.83. The number of hydrogen-bond acceptors (Lipinski definition) is 3. The van der Waals surface area contributed by atoms with Gasteiger partial charge in [0.05, 0.1) is 10.0 Å². The molecule has 1 unspecified atom stereocenters. The van der Waals surface area contributed by atoms with Crippen LogP contribution in [0.5, 0.6) is 0 Å². The minimum atomic E-state index is -1.65. The number of benzene rings is 1. The predicted molar refractivity (Wildman–Crippen MR) is 95.8 cm³/mol. The van der Waals surface area contributed by atoms with Crippen molar-refractivity contribution in [2.24, 2.45) is 5.92 Å². The molecule has 1 aromatic carbocycles. The average Bonchev–Trinajstić information content (AvgIpc) is 2.69. The summed E-state index contributed by atoms with van der Waals surface area (Å²) in [5.74, 6) is 0.111. The number of carbonyl (C=O) groups excluding carboxylic acids is 1. The van der Waals surface area contributed by atoms with E-state index in [0.29, 0.717) is 15.7 Å². The molecule has 22 heavy (non-hydrogen) atoms. The van der Waals surface area contributed by atoms with Crippen molar-refractivity contribution in [3.63, 3.8) is 0 Å². The van der Waals surface area contributed by atoms with Gasteiger partial charge in [0.1, 0.15) is 6.17 Å². The summed E-state index contributed by atoms with van der Waals surface area (Å²) in [6, 6.07) is 4.62. The number of hydrazine groups is 1. The van der Waals surface area contributed by atoms with Gasteiger partial charge in [0.2, 0.25) is 0 Å². The Bertz CT molecular complexity index is 580. The molecule has 0 spiro atoms. The van der Waals surface area contributed by atoms with Crippen molar-refractivity contribution in [1.29, 1.82) is 0 Å². The second kappa shape index (κ2) is 7.01. The van der Waals surface area contributed by atoms with Crippen molar-refractivity contribution >= 4 is 81.7 Å². The Hall–Kier alpha value is 0.250. The number of urea groups is 1. The first-order valence-corrected chi connectivity index (χ1v) is 8.87. The fraction of sp³-hybridized carbons (Fsp3) is 0.417. The highest BCUT2D eigenvalue weighted by Gasteiger charge is 2.43. The Kier molecular flexibility index (Phi) is 5.92. The second-order valence-electron chi connectivity index (χ2n) is 4.90. The first-order valence-electron chi connectivity index (χ1n) is 6.20. The van der Waals surface area contributed by atoms with E-state index in [9.17, 15) is 4.79 Å². The van der Waals surface area contributed by atoms with Crippen LogP contribution >= 0.6 is 70.0 Å². The molecule has 1 saturated heterocycles. The van der Waals surface area contributed by atoms with Gasteiger partial charge < -0.3 is 0 Å². The number of carbonyl (C=O) groups is 1. The van der Waals surface area contributed by atoms with Gasteiger partial charge in [0.25, 0.3) is 3.12 Å². The minimum Gasteiger partial charge on any atom is -0.274 e. The monoisotopic (exact) mass is 421 g/mol. The largest absolute Gasteiger partial charge is 0.350 e. The van der Waals surface area contributed by atoms with E-state index in [1.165, 1.54) is 4.41 Å². The summed E-state index contributed by atoms with van der Waals surface area (Å²) in [6.45, 7) is 3.94. The van der Waals surface area contributed by atoms with Gasteiger partial charge in [0.15, 0.2) is 0 Å². The van der Waals surface area contributed by atoms with Crippen molar-refractivity contribution in [3.8, 4) is 0 Å². The van der Waals surface area contributed by atoms with Crippen LogP contribution in [0, 0.1) is 5.92 Å². The number of alkyl halides is 3. The molecule has 1 atom stereocenters. The Labute approximate surface area is 158 Å². The Morgan fingerprint density at radius 1 is 1.23 bits per heavy atom. The predicted octanol–water partition coefficient (Wildman–Crippen LogP) is 5.70. The molecule has 122 valence electrons. The lowest BCUT2D eigenvalue weighted by atomic mass is 10.1. The molecule has 0 saturated carbocycles. The molecule has 0 radical (unpaired) electrons. The highest BCUT2D eigenvalue weighted by atomic mass is 35.6. The maximum absolute atomic E-state index is 12.6. The molecule has 0 aromatic heterocycles. The molecule has 2 amide bonds. The zero-order valence-corrected chi connectivity index (χ0v) is 16.1. The van der Waals surface area contributed by atoms with Gasteiger partial charge in [-0.3, -0.25) is 4.90 Å². The number of halogens is 5. The maximum Gasteiger partial charge on any atom is 0.350 e. The van der Waals surface area contributed by atoms with E-state index >= 15 is 0 Å². The number of nitrogens with zero attached hydrogens (tertiary/aromatic N) is 2. The molecule has 10 heteroatoms. The lowest BCUT2D eigenvalue weighted by Gasteiger charge is -2.25. The molecule has 2 rings (SSSR count). The summed E-state index contributed by atoms with van der Waals surface area (Å²) in [6.07, 6.45) is -0.301. The van der Waals surface area contributed by atoms with E-state index in [1.807, 2.05) is 13.8 Å². The number of nitrogens with one attached hydrogen (secondary N) is 1. The van der Waals surface area contributed by atoms with Gasteiger partial charge in [-0.2, -0.15) is 9.84 Å². The van der Waals surface area contributed by atoms with Gasteiger partial charge >= 0.3 is 6.03 Å². The summed E-state index contributed by atoms with van der Waals surface area (Å²) < 4.78 is -0.446. The van der Waals surface area contributed by atoms with E-state index in [0.717, 1.165) is 11.9 Å². The molecule has 1 fully saturated rings. The third-order valence-electron chi connectivity index (χ3n) is 2.92. The smallest absolute Gasteiger partial charge is 0.274 e. The van der Waals surface area contributed by atoms with Gasteiger partial charge in [0, 0.05) is 17.6 Å². The molecule has 0 aliphatic carbocycles. The highest BCUT2D eigenvalue weighted by Crippen LogP contribution is 2.43. The van der Waals surface area contributed by atoms with E-state index in [1.54, 1.807) is 23.1 Å². The molecule has 1 aromatic rings. The zero-order valence-electron chi connectivity index (χ0n) is 11.5. The summed E-state index contributed by atoms with van der Waals surface area (Å²) in [5.41, 5.74) is 3.63. The number of anilines is 1. The van der Waals surface area contributed by atoms with Crippen LogP contribution in [-0.2, 0) is 0 Å². The van der Waals surface area contributed by atoms with Gasteiger partial charge in [-0.1, -0.05) is 71.9 Å². The quantitative estimate of drug-likeness (QED) is 0.500. The SMILES string of the molecule is CC(C)C1NN(SC(Cl)(Cl)Cl)C(=O)N1c1ccc(Cl)c(Cl)c1. The van der Waals surface area contributed by atoms with Gasteiger partial charge in [-0.05, 0) is 24.1 Å². The highest BCUT2D eigenvalue weighted by molar-refractivity contribution is 8.03. The number of rotatable bonds is 3. The van der Waals surface area contributed by atoms with Crippen molar-refractivity contribution in [2.75, 3.05) is 4.90 Å². The van der Waals surface area contributed by atoms with Crippen molar-refractivity contribution in [3.05, 3.63) is 28.2 Å². The lowest BCUT2D eigenvalue weighted by molar-refractivity contribution is 0.235. The molecule has 4 nitrogen and oxygen atoms in total. The Balaban J connectivity index is 2.34. The van der Waals surface area contributed by atoms with Crippen LogP contribution in [0.2, 0.25) is 10.0 Å². The topological polar surface area (TPSA) is 35.6 Å². The van der Waals surface area contributed by atoms with Crippen LogP contribution in [0.25, 0.3) is 0 Å². The van der Waals surface area contributed by atoms with Crippen LogP contribution in [0.15, 0.2) is 18.2 Å². The van der Waals surface area contributed by atoms with Crippen LogP contribution in [-0.4, -0.2) is 19.7 Å². The van der Waals surface area contributed by atoms with E-state index < -0.39 is 3.12 Å². The molecular weight excluding hydrogens is 411 g/mol. The van der Waals surface area contributed by atoms with Crippen molar-refractivity contribution < 1.29 is 4.79 Å². The average molecular weight is 424 g/mol. The first-order chi connectivity index (χ1) is 10.1. The molecule has 1 aliphatic rings. The minimum absolute atomic E-state index is 0.111. The summed E-state index contributed by atoms with van der Waals surface area (Å²) >= 11 is 30.0. The standard InChI is InChI=1S/C12H12Cl5N3OS/c1-6(2)10-18-20(22-12(15,16)17)11(21)19(10)7-3-4-8(13)9(14)5-7/h3-6,10,18H,1-2H3. The van der Waals surface area contributed by atoms with Crippen LogP contribution in [0.1, 0.15) is 13.8 Å². The van der Waals surface area contributed by atoms with Crippen molar-refractivity contribution in [1.82, 2.24) is 9.84 Å². The zero-order chi connectivity index (χ0) is 16.7. The normalized spacial score (nSPS) is 19.5. The summed E-state index contributed by atoms with van der Waals surface area (Å²) in [5, 5.41) is 0.778. The van der Waals surface area contributed by atoms with E-state index in [4.69, 9.17) is 58.0 Å². The molecule has 1 aliphatic heterocycles. The fourth-order valence-electron chi connectivity index (χ4n) is 1.97. The van der Waals surface area contributed by atoms with E-state index in [-0.39, 0.29) is 18.1 Å². The number of amides is 2. The fourth-order valence-corrected chi connectivity index (χ4v) is 3.42. The third kappa shape index (κ3) is 4.20. The van der Waals surface area contributed by atoms with Gasteiger partial charge in [-0.15, -0.1) is 0 Å². The van der Waals surface area contributed by atoms with Crippen LogP contribution < -0.4 is 10.3 Å². The Morgan fingerprint density at radius 3 is 2.36 bits per heavy atom. The lowest BCUT2D eigenvalue weighted by Crippen LogP contribution is -2.41. The summed E-state index contributed by atoms with van der Waals surface area (Å²) in [7, 11) is 0. The van der Waals surface area contributed by atoms with Crippen molar-refractivity contribution in [2.45, 2.75) is 23.1 Å². The molecule has 1 N–H and O–H groups in total. The molecule has 0 bridgehead atoms. The van der Waals surface area contributed by atoms with Crippen LogP contribution in [0.4, 0.5) is 10.5 Å². The van der Waals surface area contributed by atoms with Gasteiger partial charge in [-0.25, -0.2) is 4.79 Å². The Morgan fingerprint density at radius 2 is 1.86 bits per heavy atom. The molecule has 1 heterocycles. The molecular formula is C12H12Cl5N3OS. The third-order valence-corrected chi connectivity index (χ3v) is 4.93. The van der Waals surface area contributed by atoms with Crippen LogP contribution in [0.3, 0.4) is 0 Å².